The predicted molar refractivity (Wildman–Crippen MR) is 65.2 cm³/mol. The third-order valence-corrected chi connectivity index (χ3v) is 2.91. The molecule has 0 aliphatic rings. The van der Waals surface area contributed by atoms with Crippen molar-refractivity contribution in [2.45, 2.75) is 18.6 Å². The zero-order valence-electron chi connectivity index (χ0n) is 8.03. The van der Waals surface area contributed by atoms with Gasteiger partial charge in [-0.05, 0) is 24.6 Å². The van der Waals surface area contributed by atoms with E-state index >= 15 is 0 Å². The summed E-state index contributed by atoms with van der Waals surface area (Å²) in [5.41, 5.74) is 6.56. The van der Waals surface area contributed by atoms with Gasteiger partial charge < -0.3 is 15.9 Å². The summed E-state index contributed by atoms with van der Waals surface area (Å²) in [6, 6.07) is 4.83. The number of rotatable bonds is 4. The molecular formula is C10H13BrClNO2. The zero-order chi connectivity index (χ0) is 11.4. The van der Waals surface area contributed by atoms with Gasteiger partial charge in [-0.25, -0.2) is 0 Å². The molecule has 1 aromatic carbocycles. The first kappa shape index (κ1) is 12.8. The monoisotopic (exact) mass is 293 g/mol. The van der Waals surface area contributed by atoms with E-state index in [1.54, 1.807) is 18.2 Å². The van der Waals surface area contributed by atoms with Crippen LogP contribution in [0.15, 0.2) is 18.2 Å². The number of halogens is 2. The third kappa shape index (κ3) is 3.34. The lowest BCUT2D eigenvalue weighted by atomic mass is 10.0. The lowest BCUT2D eigenvalue weighted by Crippen LogP contribution is -2.19. The molecule has 0 aliphatic heterocycles. The second-order valence-electron chi connectivity index (χ2n) is 3.27. The summed E-state index contributed by atoms with van der Waals surface area (Å²) in [6.07, 6.45) is -1.39. The Kier molecular flexibility index (Phi) is 4.86. The van der Waals surface area contributed by atoms with Crippen molar-refractivity contribution in [3.8, 4) is 0 Å². The van der Waals surface area contributed by atoms with Crippen LogP contribution in [-0.4, -0.2) is 21.6 Å². The highest BCUT2D eigenvalue weighted by atomic mass is 79.9. The van der Waals surface area contributed by atoms with Gasteiger partial charge in [-0.1, -0.05) is 27.5 Å². The Morgan fingerprint density at radius 2 is 2.07 bits per heavy atom. The standard InChI is InChI=1S/C10H13BrClNO2/c11-4-3-9(14)10(15)7-5-6(13)1-2-8(7)12/h1-2,5,9-10,14-15H,3-4,13H2. The van der Waals surface area contributed by atoms with Crippen LogP contribution < -0.4 is 5.73 Å². The third-order valence-electron chi connectivity index (χ3n) is 2.11. The predicted octanol–water partition coefficient (Wildman–Crippen LogP) is 2.10. The highest BCUT2D eigenvalue weighted by molar-refractivity contribution is 9.09. The van der Waals surface area contributed by atoms with E-state index in [0.29, 0.717) is 28.0 Å². The molecule has 0 saturated heterocycles. The van der Waals surface area contributed by atoms with Crippen LogP contribution in [0.1, 0.15) is 18.1 Å². The van der Waals surface area contributed by atoms with Crippen molar-refractivity contribution in [2.75, 3.05) is 11.1 Å². The van der Waals surface area contributed by atoms with Crippen LogP contribution in [0.25, 0.3) is 0 Å². The van der Waals surface area contributed by atoms with E-state index in [4.69, 9.17) is 17.3 Å². The Morgan fingerprint density at radius 3 is 2.67 bits per heavy atom. The van der Waals surface area contributed by atoms with Crippen LogP contribution in [0.2, 0.25) is 5.02 Å². The van der Waals surface area contributed by atoms with Crippen LogP contribution in [0, 0.1) is 0 Å². The molecule has 2 atom stereocenters. The topological polar surface area (TPSA) is 66.5 Å². The molecular weight excluding hydrogens is 281 g/mol. The Balaban J connectivity index is 2.89. The average Bonchev–Trinajstić information content (AvgIpc) is 2.21. The van der Waals surface area contributed by atoms with Gasteiger partial charge in [-0.2, -0.15) is 0 Å². The highest BCUT2D eigenvalue weighted by Gasteiger charge is 2.20. The summed E-state index contributed by atoms with van der Waals surface area (Å²) >= 11 is 9.09. The SMILES string of the molecule is Nc1ccc(Cl)c(C(O)C(O)CCBr)c1. The second-order valence-corrected chi connectivity index (χ2v) is 4.47. The van der Waals surface area contributed by atoms with Crippen molar-refractivity contribution in [3.05, 3.63) is 28.8 Å². The highest BCUT2D eigenvalue weighted by Crippen LogP contribution is 2.28. The van der Waals surface area contributed by atoms with Crippen LogP contribution in [-0.2, 0) is 0 Å². The Labute approximate surface area is 102 Å². The molecule has 5 heteroatoms. The normalized spacial score (nSPS) is 14.9. The summed E-state index contributed by atoms with van der Waals surface area (Å²) in [5, 5.41) is 20.4. The van der Waals surface area contributed by atoms with E-state index in [2.05, 4.69) is 15.9 Å². The molecule has 0 fully saturated rings. The number of hydrogen-bond donors (Lipinski definition) is 3. The molecule has 0 aromatic heterocycles. The number of hydrogen-bond acceptors (Lipinski definition) is 3. The fourth-order valence-corrected chi connectivity index (χ4v) is 1.96. The van der Waals surface area contributed by atoms with Gasteiger partial charge in [-0.15, -0.1) is 0 Å². The molecule has 0 saturated carbocycles. The summed E-state index contributed by atoms with van der Waals surface area (Å²) < 4.78 is 0. The zero-order valence-corrected chi connectivity index (χ0v) is 10.4. The van der Waals surface area contributed by atoms with Gasteiger partial charge in [0.1, 0.15) is 6.10 Å². The van der Waals surface area contributed by atoms with Gasteiger partial charge in [-0.3, -0.25) is 0 Å². The van der Waals surface area contributed by atoms with E-state index < -0.39 is 12.2 Å². The molecule has 0 heterocycles. The average molecular weight is 295 g/mol. The molecule has 15 heavy (non-hydrogen) atoms. The lowest BCUT2D eigenvalue weighted by Gasteiger charge is -2.18. The molecule has 1 aromatic rings. The minimum Gasteiger partial charge on any atom is -0.399 e. The number of anilines is 1. The number of nitrogen functional groups attached to an aromatic ring is 1. The number of aliphatic hydroxyl groups excluding tert-OH is 2. The summed E-state index contributed by atoms with van der Waals surface area (Å²) in [5.74, 6) is 0. The maximum atomic E-state index is 9.81. The molecule has 0 spiro atoms. The number of benzene rings is 1. The van der Waals surface area contributed by atoms with Crippen LogP contribution >= 0.6 is 27.5 Å². The Morgan fingerprint density at radius 1 is 1.40 bits per heavy atom. The first-order chi connectivity index (χ1) is 7.06. The van der Waals surface area contributed by atoms with E-state index in [9.17, 15) is 10.2 Å². The van der Waals surface area contributed by atoms with Gasteiger partial charge in [0.05, 0.1) is 6.10 Å². The fourth-order valence-electron chi connectivity index (χ4n) is 1.27. The maximum Gasteiger partial charge on any atom is 0.106 e. The molecule has 2 unspecified atom stereocenters. The van der Waals surface area contributed by atoms with Gasteiger partial charge in [0, 0.05) is 21.6 Å². The van der Waals surface area contributed by atoms with Gasteiger partial charge in [0.25, 0.3) is 0 Å². The first-order valence-corrected chi connectivity index (χ1v) is 6.03. The van der Waals surface area contributed by atoms with Crippen LogP contribution in [0.3, 0.4) is 0 Å². The van der Waals surface area contributed by atoms with Crippen molar-refractivity contribution in [1.29, 1.82) is 0 Å². The molecule has 0 radical (unpaired) electrons. The summed E-state index contributed by atoms with van der Waals surface area (Å²) in [4.78, 5) is 0. The summed E-state index contributed by atoms with van der Waals surface area (Å²) in [7, 11) is 0. The number of aliphatic hydroxyl groups is 2. The molecule has 0 aliphatic carbocycles. The smallest absolute Gasteiger partial charge is 0.106 e. The van der Waals surface area contributed by atoms with Crippen LogP contribution in [0.4, 0.5) is 5.69 Å². The minimum atomic E-state index is -1.00. The van der Waals surface area contributed by atoms with Crippen molar-refractivity contribution in [2.24, 2.45) is 0 Å². The van der Waals surface area contributed by atoms with Crippen LogP contribution in [0.5, 0.6) is 0 Å². The molecule has 84 valence electrons. The minimum absolute atomic E-state index is 0.408. The molecule has 0 amide bonds. The van der Waals surface area contributed by atoms with E-state index in [1.165, 1.54) is 0 Å². The first-order valence-electron chi connectivity index (χ1n) is 4.53. The van der Waals surface area contributed by atoms with Crippen molar-refractivity contribution < 1.29 is 10.2 Å². The van der Waals surface area contributed by atoms with E-state index in [-0.39, 0.29) is 0 Å². The van der Waals surface area contributed by atoms with Crippen molar-refractivity contribution in [1.82, 2.24) is 0 Å². The van der Waals surface area contributed by atoms with Gasteiger partial charge in [0.15, 0.2) is 0 Å². The quantitative estimate of drug-likeness (QED) is 0.588. The van der Waals surface area contributed by atoms with Gasteiger partial charge in [0.2, 0.25) is 0 Å². The van der Waals surface area contributed by atoms with E-state index in [0.717, 1.165) is 0 Å². The molecule has 3 nitrogen and oxygen atoms in total. The van der Waals surface area contributed by atoms with Crippen molar-refractivity contribution >= 4 is 33.2 Å². The largest absolute Gasteiger partial charge is 0.399 e. The van der Waals surface area contributed by atoms with Crippen molar-refractivity contribution in [3.63, 3.8) is 0 Å². The van der Waals surface area contributed by atoms with Gasteiger partial charge >= 0.3 is 0 Å². The second kappa shape index (κ2) is 5.70. The molecule has 4 N–H and O–H groups in total. The number of nitrogens with two attached hydrogens (primary N) is 1. The Hall–Kier alpha value is -0.290. The summed E-state index contributed by atoms with van der Waals surface area (Å²) in [6.45, 7) is 0. The Bertz CT molecular complexity index is 335. The maximum absolute atomic E-state index is 9.81. The number of alkyl halides is 1. The molecule has 0 bridgehead atoms. The molecule has 1 rings (SSSR count). The fraction of sp³-hybridized carbons (Fsp3) is 0.400. The van der Waals surface area contributed by atoms with E-state index in [1.807, 2.05) is 0 Å². The lowest BCUT2D eigenvalue weighted by molar-refractivity contribution is 0.0174.